The zero-order chi connectivity index (χ0) is 23.6. The maximum atomic E-state index is 9.51. The van der Waals surface area contributed by atoms with Crippen molar-refractivity contribution in [3.8, 4) is 24.3 Å². The van der Waals surface area contributed by atoms with Crippen molar-refractivity contribution in [3.05, 3.63) is 46.3 Å². The lowest BCUT2D eigenvalue weighted by Crippen LogP contribution is -2.10. The normalized spacial score (nSPS) is 14.6. The first-order chi connectivity index (χ1) is 15.6. The minimum atomic E-state index is -0.0409. The molecule has 0 aromatic heterocycles. The van der Waals surface area contributed by atoms with Crippen molar-refractivity contribution >= 4 is 12.4 Å². The number of aliphatic imine (C=N–C) groups is 2. The molecule has 8 nitrogen and oxygen atoms in total. The van der Waals surface area contributed by atoms with E-state index in [-0.39, 0.29) is 22.8 Å². The molecule has 32 heavy (non-hydrogen) atoms. The molecule has 0 aliphatic carbocycles. The maximum Gasteiger partial charge on any atom is 0.174 e. The van der Waals surface area contributed by atoms with E-state index < -0.39 is 0 Å². The topological polar surface area (TPSA) is 144 Å². The van der Waals surface area contributed by atoms with Crippen LogP contribution in [0.15, 0.2) is 56.3 Å². The van der Waals surface area contributed by atoms with Crippen LogP contribution in [0.4, 0.5) is 0 Å². The molecular formula is C24H28N8. The second kappa shape index (κ2) is 15.7. The van der Waals surface area contributed by atoms with Gasteiger partial charge in [-0.2, -0.15) is 21.0 Å². The summed E-state index contributed by atoms with van der Waals surface area (Å²) in [5.74, 6) is 0. The first-order valence-electron chi connectivity index (χ1n) is 10.7. The number of nitriles is 4. The first kappa shape index (κ1) is 25.9. The van der Waals surface area contributed by atoms with Crippen LogP contribution in [0, 0.1) is 45.3 Å². The molecule has 1 aliphatic heterocycles. The maximum absolute atomic E-state index is 9.51. The van der Waals surface area contributed by atoms with Gasteiger partial charge in [-0.25, -0.2) is 9.98 Å². The summed E-state index contributed by atoms with van der Waals surface area (Å²) in [6.45, 7) is 4.18. The molecule has 0 radical (unpaired) electrons. The van der Waals surface area contributed by atoms with Crippen molar-refractivity contribution < 1.29 is 0 Å². The molecule has 0 saturated heterocycles. The van der Waals surface area contributed by atoms with Crippen molar-refractivity contribution in [2.45, 2.75) is 65.2 Å². The van der Waals surface area contributed by atoms with Gasteiger partial charge in [0, 0.05) is 24.8 Å². The highest BCUT2D eigenvalue weighted by Gasteiger charge is 2.08. The molecule has 1 aliphatic rings. The Labute approximate surface area is 190 Å². The Hall–Kier alpha value is -4.14. The molecule has 0 bridgehead atoms. The van der Waals surface area contributed by atoms with Crippen LogP contribution in [-0.2, 0) is 0 Å². The highest BCUT2D eigenvalue weighted by atomic mass is 14.9. The van der Waals surface area contributed by atoms with Crippen LogP contribution >= 0.6 is 0 Å². The Morgan fingerprint density at radius 1 is 0.656 bits per heavy atom. The standard InChI is InChI=1S/C24H28N8/c1-3-5-7-9-19-15-29-21(11-25)23(13-27)31-17-20(10-8-6-4-2)18-32-24(14-28)22(12-26)30-16-19/h15-18,29,32H,3-10H2,1-2H3. The van der Waals surface area contributed by atoms with E-state index in [1.807, 2.05) is 24.3 Å². The third kappa shape index (κ3) is 9.12. The minimum absolute atomic E-state index is 0.0248. The van der Waals surface area contributed by atoms with Gasteiger partial charge < -0.3 is 10.6 Å². The average molecular weight is 429 g/mol. The summed E-state index contributed by atoms with van der Waals surface area (Å²) in [7, 11) is 0. The summed E-state index contributed by atoms with van der Waals surface area (Å²) in [5, 5.41) is 43.7. The van der Waals surface area contributed by atoms with Gasteiger partial charge in [0.05, 0.1) is 0 Å². The van der Waals surface area contributed by atoms with Crippen LogP contribution in [0.5, 0.6) is 0 Å². The number of hydrogen-bond acceptors (Lipinski definition) is 8. The molecule has 164 valence electrons. The summed E-state index contributed by atoms with van der Waals surface area (Å²) in [4.78, 5) is 8.41. The molecule has 1 rings (SSSR count). The van der Waals surface area contributed by atoms with E-state index in [2.05, 4.69) is 34.5 Å². The molecule has 0 atom stereocenters. The van der Waals surface area contributed by atoms with E-state index in [0.29, 0.717) is 12.8 Å². The Bertz CT molecular complexity index is 913. The quantitative estimate of drug-likeness (QED) is 0.533. The second-order valence-electron chi connectivity index (χ2n) is 7.05. The van der Waals surface area contributed by atoms with Gasteiger partial charge in [0.25, 0.3) is 0 Å². The van der Waals surface area contributed by atoms with E-state index in [1.54, 1.807) is 12.4 Å². The third-order valence-corrected chi connectivity index (χ3v) is 4.57. The third-order valence-electron chi connectivity index (χ3n) is 4.57. The molecule has 0 fully saturated rings. The summed E-state index contributed by atoms with van der Waals surface area (Å²) < 4.78 is 0. The molecule has 1 heterocycles. The first-order valence-corrected chi connectivity index (χ1v) is 10.7. The lowest BCUT2D eigenvalue weighted by Gasteiger charge is -2.07. The lowest BCUT2D eigenvalue weighted by atomic mass is 10.1. The van der Waals surface area contributed by atoms with Crippen LogP contribution in [0.2, 0.25) is 0 Å². The van der Waals surface area contributed by atoms with Gasteiger partial charge in [-0.1, -0.05) is 39.5 Å². The van der Waals surface area contributed by atoms with Crippen LogP contribution < -0.4 is 10.6 Å². The molecule has 0 unspecified atom stereocenters. The average Bonchev–Trinajstić information content (AvgIpc) is 2.81. The summed E-state index contributed by atoms with van der Waals surface area (Å²) in [6, 6.07) is 7.87. The molecular weight excluding hydrogens is 400 g/mol. The van der Waals surface area contributed by atoms with Crippen LogP contribution in [0.3, 0.4) is 0 Å². The van der Waals surface area contributed by atoms with E-state index in [0.717, 1.165) is 49.7 Å². The summed E-state index contributed by atoms with van der Waals surface area (Å²) in [5.41, 5.74) is 1.42. The monoisotopic (exact) mass is 428 g/mol. The van der Waals surface area contributed by atoms with E-state index >= 15 is 0 Å². The SMILES string of the molecule is CCCCCC1=CNC(C#N)=C(C#N)N=CC(CCCCC)=CNC(C#N)=C(C#N)N=C1. The fourth-order valence-electron chi connectivity index (χ4n) is 2.74. The minimum Gasteiger partial charge on any atom is -0.350 e. The Kier molecular flexibility index (Phi) is 12.7. The van der Waals surface area contributed by atoms with Crippen LogP contribution in [0.25, 0.3) is 0 Å². The molecule has 0 aromatic carbocycles. The Morgan fingerprint density at radius 3 is 1.38 bits per heavy atom. The summed E-state index contributed by atoms with van der Waals surface area (Å²) in [6.07, 6.45) is 13.4. The molecule has 0 spiro atoms. The van der Waals surface area contributed by atoms with Crippen LogP contribution in [-0.4, -0.2) is 12.4 Å². The van der Waals surface area contributed by atoms with Crippen molar-refractivity contribution in [2.24, 2.45) is 9.98 Å². The second-order valence-corrected chi connectivity index (χ2v) is 7.05. The van der Waals surface area contributed by atoms with E-state index in [1.165, 1.54) is 12.4 Å². The number of rotatable bonds is 8. The van der Waals surface area contributed by atoms with Crippen LogP contribution in [0.1, 0.15) is 65.2 Å². The fraction of sp³-hybridized carbons (Fsp3) is 0.417. The van der Waals surface area contributed by atoms with Gasteiger partial charge in [0.1, 0.15) is 24.3 Å². The number of nitrogens with one attached hydrogen (secondary N) is 2. The van der Waals surface area contributed by atoms with Crippen molar-refractivity contribution in [1.29, 1.82) is 21.0 Å². The van der Waals surface area contributed by atoms with Gasteiger partial charge in [-0.15, -0.1) is 0 Å². The zero-order valence-electron chi connectivity index (χ0n) is 18.6. The molecule has 0 aromatic rings. The predicted octanol–water partition coefficient (Wildman–Crippen LogP) is 4.77. The van der Waals surface area contributed by atoms with Gasteiger partial charge in [0.2, 0.25) is 0 Å². The number of unbranched alkanes of at least 4 members (excludes halogenated alkanes) is 4. The Balaban J connectivity index is 3.50. The van der Waals surface area contributed by atoms with Gasteiger partial charge in [-0.3, -0.25) is 0 Å². The molecule has 2 N–H and O–H groups in total. The van der Waals surface area contributed by atoms with E-state index in [9.17, 15) is 21.0 Å². The smallest absolute Gasteiger partial charge is 0.174 e. The van der Waals surface area contributed by atoms with Gasteiger partial charge >= 0.3 is 0 Å². The molecule has 0 saturated carbocycles. The fourth-order valence-corrected chi connectivity index (χ4v) is 2.74. The highest BCUT2D eigenvalue weighted by Crippen LogP contribution is 2.13. The van der Waals surface area contributed by atoms with Gasteiger partial charge in [-0.05, 0) is 36.8 Å². The number of allylic oxidation sites excluding steroid dienone is 6. The highest BCUT2D eigenvalue weighted by molar-refractivity contribution is 5.81. The van der Waals surface area contributed by atoms with Crippen molar-refractivity contribution in [2.75, 3.05) is 0 Å². The lowest BCUT2D eigenvalue weighted by molar-refractivity contribution is 0.720. The number of hydrogen-bond donors (Lipinski definition) is 2. The Morgan fingerprint density at radius 2 is 1.06 bits per heavy atom. The predicted molar refractivity (Wildman–Crippen MR) is 124 cm³/mol. The molecule has 8 heteroatoms. The number of nitrogens with zero attached hydrogens (tertiary/aromatic N) is 6. The van der Waals surface area contributed by atoms with E-state index in [4.69, 9.17) is 0 Å². The van der Waals surface area contributed by atoms with Gasteiger partial charge in [0.15, 0.2) is 22.8 Å². The van der Waals surface area contributed by atoms with Crippen molar-refractivity contribution in [1.82, 2.24) is 10.6 Å². The zero-order valence-corrected chi connectivity index (χ0v) is 18.6. The largest absolute Gasteiger partial charge is 0.350 e. The van der Waals surface area contributed by atoms with Crippen molar-refractivity contribution in [3.63, 3.8) is 0 Å². The molecule has 0 amide bonds. The summed E-state index contributed by atoms with van der Waals surface area (Å²) >= 11 is 0.